The molecule has 1 saturated heterocycles. The van der Waals surface area contributed by atoms with Gasteiger partial charge >= 0.3 is 17.9 Å². The van der Waals surface area contributed by atoms with Gasteiger partial charge in [0, 0.05) is 12.3 Å². The third-order valence-electron chi connectivity index (χ3n) is 11.4. The van der Waals surface area contributed by atoms with Gasteiger partial charge < -0.3 is 9.47 Å². The van der Waals surface area contributed by atoms with Gasteiger partial charge in [0.1, 0.15) is 11.4 Å². The van der Waals surface area contributed by atoms with Gasteiger partial charge in [-0.25, -0.2) is 0 Å². The molecule has 220 valence electrons. The molecule has 0 radical (unpaired) electrons. The van der Waals surface area contributed by atoms with Crippen LogP contribution in [0.3, 0.4) is 0 Å². The smallest absolute Gasteiger partial charge is 0.318 e. The van der Waals surface area contributed by atoms with E-state index in [0.29, 0.717) is 42.4 Å². The van der Waals surface area contributed by atoms with Crippen LogP contribution in [0, 0.1) is 52.8 Å². The van der Waals surface area contributed by atoms with E-state index in [2.05, 4.69) is 68.8 Å². The van der Waals surface area contributed by atoms with E-state index in [9.17, 15) is 14.4 Å². The van der Waals surface area contributed by atoms with E-state index >= 15 is 0 Å². The van der Waals surface area contributed by atoms with Crippen molar-refractivity contribution in [1.82, 2.24) is 0 Å². The minimum absolute atomic E-state index is 0.140. The highest BCUT2D eigenvalue weighted by atomic mass is 79.9. The Balaban J connectivity index is 1.44. The molecule has 1 heterocycles. The van der Waals surface area contributed by atoms with Crippen LogP contribution in [0.15, 0.2) is 34.9 Å². The lowest BCUT2D eigenvalue weighted by Crippen LogP contribution is -2.38. The van der Waals surface area contributed by atoms with Crippen LogP contribution in [-0.2, 0) is 23.9 Å². The van der Waals surface area contributed by atoms with Crippen LogP contribution in [-0.4, -0.2) is 29.3 Å². The van der Waals surface area contributed by atoms with Gasteiger partial charge in [0.15, 0.2) is 0 Å². The van der Waals surface area contributed by atoms with Gasteiger partial charge in [-0.15, -0.1) is 0 Å². The minimum atomic E-state index is -0.450. The summed E-state index contributed by atoms with van der Waals surface area (Å²) in [6, 6.07) is 0. The molecule has 0 spiro atoms. The molecule has 5 nitrogen and oxygen atoms in total. The summed E-state index contributed by atoms with van der Waals surface area (Å²) in [6.45, 7) is 11.8. The second-order valence-electron chi connectivity index (χ2n) is 13.9. The van der Waals surface area contributed by atoms with Crippen molar-refractivity contribution in [3.63, 3.8) is 0 Å². The maximum atomic E-state index is 13.1. The minimum Gasteiger partial charge on any atom is -0.461 e. The van der Waals surface area contributed by atoms with Crippen LogP contribution >= 0.6 is 15.9 Å². The molecule has 0 aromatic heterocycles. The van der Waals surface area contributed by atoms with E-state index in [1.54, 1.807) is 0 Å². The van der Waals surface area contributed by atoms with E-state index in [1.807, 2.05) is 0 Å². The first-order valence-corrected chi connectivity index (χ1v) is 16.8. The van der Waals surface area contributed by atoms with Crippen molar-refractivity contribution in [1.29, 1.82) is 0 Å². The average molecular weight is 616 g/mol. The summed E-state index contributed by atoms with van der Waals surface area (Å²) in [6.07, 6.45) is 15.8. The molecule has 5 rings (SSSR count). The first-order valence-electron chi connectivity index (χ1n) is 15.6. The summed E-state index contributed by atoms with van der Waals surface area (Å²) in [7, 11) is 0. The molecule has 40 heavy (non-hydrogen) atoms. The van der Waals surface area contributed by atoms with Crippen molar-refractivity contribution in [3.05, 3.63) is 34.9 Å². The van der Waals surface area contributed by atoms with Gasteiger partial charge in [-0.1, -0.05) is 85.5 Å². The van der Waals surface area contributed by atoms with Crippen molar-refractivity contribution < 1.29 is 23.9 Å². The number of carbonyl (C=O) groups excluding carboxylic acids is 3. The number of cyclic esters (lactones) is 2. The number of allylic oxidation sites excluding steroid dienone is 5. The van der Waals surface area contributed by atoms with Gasteiger partial charge in [0.2, 0.25) is 0 Å². The van der Waals surface area contributed by atoms with Crippen molar-refractivity contribution in [2.45, 2.75) is 98.5 Å². The standard InChI is InChI=1S/C34H47BrO5/c1-19(2)20(3)8-9-21(4)28-12-13-29-23(7-6-14-34(28,29)5)16-26-25-17-24(39-30(36)18-35)11-10-22(25)15-27-31(26)33(38)40-32(27)37/h8-9,16,19-21,24,26-29,31H,6-7,10-15,17-18H2,1-5H3/t20-,21+,24-,26-,27?,28?,29?,31?,34?/m0/s1. The van der Waals surface area contributed by atoms with E-state index in [4.69, 9.17) is 9.47 Å². The Morgan fingerprint density at radius 2 is 1.85 bits per heavy atom. The Kier molecular flexibility index (Phi) is 8.86. The van der Waals surface area contributed by atoms with Gasteiger partial charge in [-0.3, -0.25) is 14.4 Å². The fourth-order valence-corrected chi connectivity index (χ4v) is 8.97. The highest BCUT2D eigenvalue weighted by molar-refractivity contribution is 9.09. The molecule has 0 amide bonds. The zero-order valence-corrected chi connectivity index (χ0v) is 26.5. The second kappa shape index (κ2) is 11.9. The molecule has 4 aliphatic carbocycles. The molecule has 2 saturated carbocycles. The number of carbonyl (C=O) groups is 3. The van der Waals surface area contributed by atoms with Gasteiger partial charge in [-0.2, -0.15) is 0 Å². The molecule has 0 aromatic rings. The Morgan fingerprint density at radius 3 is 2.58 bits per heavy atom. The maximum Gasteiger partial charge on any atom is 0.318 e. The van der Waals surface area contributed by atoms with E-state index in [-0.39, 0.29) is 46.6 Å². The number of hydrogen-bond donors (Lipinski definition) is 0. The third-order valence-corrected chi connectivity index (χ3v) is 11.8. The maximum absolute atomic E-state index is 13.1. The fourth-order valence-electron chi connectivity index (χ4n) is 8.84. The number of alkyl halides is 1. The highest BCUT2D eigenvalue weighted by Gasteiger charge is 2.54. The number of ether oxygens (including phenoxy) is 2. The van der Waals surface area contributed by atoms with Gasteiger partial charge in [0.25, 0.3) is 0 Å². The van der Waals surface area contributed by atoms with Crippen LogP contribution in [0.1, 0.15) is 92.4 Å². The van der Waals surface area contributed by atoms with Crippen LogP contribution in [0.4, 0.5) is 0 Å². The summed E-state index contributed by atoms with van der Waals surface area (Å²) in [4.78, 5) is 37.8. The van der Waals surface area contributed by atoms with E-state index < -0.39 is 5.92 Å². The van der Waals surface area contributed by atoms with Gasteiger partial charge in [-0.05, 0) is 86.4 Å². The number of hydrogen-bond acceptors (Lipinski definition) is 5. The average Bonchev–Trinajstić information content (AvgIpc) is 3.42. The molecule has 5 aliphatic rings. The number of esters is 3. The molecule has 0 aromatic carbocycles. The Labute approximate surface area is 248 Å². The van der Waals surface area contributed by atoms with Crippen molar-refractivity contribution in [2.24, 2.45) is 52.8 Å². The Bertz CT molecular complexity index is 1120. The molecule has 0 N–H and O–H groups in total. The van der Waals surface area contributed by atoms with Crippen LogP contribution in [0.5, 0.6) is 0 Å². The molecule has 1 aliphatic heterocycles. The number of halogens is 1. The fraction of sp³-hybridized carbons (Fsp3) is 0.735. The zero-order valence-electron chi connectivity index (χ0n) is 24.9. The molecule has 6 heteroatoms. The summed E-state index contributed by atoms with van der Waals surface area (Å²) < 4.78 is 11.0. The lowest BCUT2D eigenvalue weighted by Gasteiger charge is -2.45. The van der Waals surface area contributed by atoms with Crippen LogP contribution < -0.4 is 0 Å². The number of fused-ring (bicyclic) bond motifs is 2. The first kappa shape index (κ1) is 29.8. The summed E-state index contributed by atoms with van der Waals surface area (Å²) in [5.74, 6) is 0.967. The van der Waals surface area contributed by atoms with Crippen molar-refractivity contribution in [2.75, 3.05) is 5.33 Å². The lowest BCUT2D eigenvalue weighted by molar-refractivity contribution is -0.154. The lowest BCUT2D eigenvalue weighted by atomic mass is 9.59. The second-order valence-corrected chi connectivity index (χ2v) is 14.5. The highest BCUT2D eigenvalue weighted by Crippen LogP contribution is 2.60. The van der Waals surface area contributed by atoms with Crippen LogP contribution in [0.25, 0.3) is 0 Å². The zero-order chi connectivity index (χ0) is 28.8. The first-order chi connectivity index (χ1) is 19.0. The van der Waals surface area contributed by atoms with Crippen molar-refractivity contribution >= 4 is 33.8 Å². The Morgan fingerprint density at radius 1 is 1.07 bits per heavy atom. The largest absolute Gasteiger partial charge is 0.461 e. The molecule has 3 fully saturated rings. The van der Waals surface area contributed by atoms with E-state index in [1.165, 1.54) is 36.0 Å². The predicted octanol–water partition coefficient (Wildman–Crippen LogP) is 7.74. The summed E-state index contributed by atoms with van der Waals surface area (Å²) in [5, 5.41) is 0.180. The summed E-state index contributed by atoms with van der Waals surface area (Å²) >= 11 is 3.21. The summed E-state index contributed by atoms with van der Waals surface area (Å²) in [5.41, 5.74) is 4.22. The predicted molar refractivity (Wildman–Crippen MR) is 159 cm³/mol. The molecular weight excluding hydrogens is 568 g/mol. The van der Waals surface area contributed by atoms with Crippen LogP contribution in [0.2, 0.25) is 0 Å². The number of rotatable bonds is 7. The normalized spacial score (nSPS) is 38.3. The molecule has 9 atom stereocenters. The SMILES string of the molecule is CC(C)[C@@H](C)C=C[C@@H](C)C1CCC2C(=C[C@H]3C4=C(CC[C@H](OC(=O)CBr)C4)CC4C(=O)OC(=O)C43)CCCC21C. The van der Waals surface area contributed by atoms with Crippen molar-refractivity contribution in [3.8, 4) is 0 Å². The third kappa shape index (κ3) is 5.55. The molecule has 0 bridgehead atoms. The van der Waals surface area contributed by atoms with Gasteiger partial charge in [0.05, 0.1) is 11.8 Å². The topological polar surface area (TPSA) is 69.7 Å². The molecule has 5 unspecified atom stereocenters. The Hall–Kier alpha value is -1.69. The van der Waals surface area contributed by atoms with E-state index in [0.717, 1.165) is 25.7 Å². The molecular formula is C34H47BrO5. The monoisotopic (exact) mass is 614 g/mol. The quantitative estimate of drug-likeness (QED) is 0.127.